The Kier molecular flexibility index (Phi) is 5.74. The molecule has 0 fully saturated rings. The van der Waals surface area contributed by atoms with Crippen LogP contribution in [-0.4, -0.2) is 28.1 Å². The highest BCUT2D eigenvalue weighted by Gasteiger charge is 2.34. The van der Waals surface area contributed by atoms with Crippen LogP contribution < -0.4 is 0 Å². The van der Waals surface area contributed by atoms with Crippen molar-refractivity contribution < 1.29 is 13.3 Å². The van der Waals surface area contributed by atoms with Gasteiger partial charge in [0, 0.05) is 25.9 Å². The van der Waals surface area contributed by atoms with E-state index in [1.54, 1.807) is 0 Å². The van der Waals surface area contributed by atoms with Crippen molar-refractivity contribution in [1.29, 1.82) is 0 Å². The minimum Gasteiger partial charge on any atom is -0.374 e. The lowest BCUT2D eigenvalue weighted by atomic mass is 10.5. The van der Waals surface area contributed by atoms with Gasteiger partial charge in [0.25, 0.3) is 0 Å². The first kappa shape index (κ1) is 12.1. The monoisotopic (exact) mass is 192 g/mol. The van der Waals surface area contributed by atoms with Crippen LogP contribution in [0.2, 0.25) is 6.55 Å². The van der Waals surface area contributed by atoms with Gasteiger partial charge in [-0.3, -0.25) is 0 Å². The SMILES string of the molecule is CCO[Si](C)(OCC)OC(C)C. The first-order chi connectivity index (χ1) is 5.54. The van der Waals surface area contributed by atoms with E-state index in [1.807, 2.05) is 34.2 Å². The highest BCUT2D eigenvalue weighted by molar-refractivity contribution is 6.59. The van der Waals surface area contributed by atoms with Crippen molar-refractivity contribution in [3.63, 3.8) is 0 Å². The van der Waals surface area contributed by atoms with Gasteiger partial charge in [0.1, 0.15) is 0 Å². The summed E-state index contributed by atoms with van der Waals surface area (Å²) in [6.07, 6.45) is 0.166. The van der Waals surface area contributed by atoms with Gasteiger partial charge in [-0.25, -0.2) is 0 Å². The van der Waals surface area contributed by atoms with Crippen LogP contribution in [0.3, 0.4) is 0 Å². The standard InChI is InChI=1S/C8H20O3Si/c1-6-9-12(5,10-7-2)11-8(3)4/h8H,6-7H2,1-5H3. The Balaban J connectivity index is 3.98. The molecule has 0 saturated heterocycles. The summed E-state index contributed by atoms with van der Waals surface area (Å²) in [5.41, 5.74) is 0. The number of hydrogen-bond donors (Lipinski definition) is 0. The summed E-state index contributed by atoms with van der Waals surface area (Å²) >= 11 is 0. The van der Waals surface area contributed by atoms with Crippen LogP contribution in [0, 0.1) is 0 Å². The highest BCUT2D eigenvalue weighted by atomic mass is 28.4. The van der Waals surface area contributed by atoms with Crippen molar-refractivity contribution in [2.45, 2.75) is 40.3 Å². The van der Waals surface area contributed by atoms with Gasteiger partial charge in [0.15, 0.2) is 0 Å². The van der Waals surface area contributed by atoms with Crippen LogP contribution in [0.1, 0.15) is 27.7 Å². The third kappa shape index (κ3) is 4.87. The summed E-state index contributed by atoms with van der Waals surface area (Å²) in [6.45, 7) is 11.1. The minimum absolute atomic E-state index is 0.166. The average molecular weight is 192 g/mol. The van der Waals surface area contributed by atoms with E-state index >= 15 is 0 Å². The van der Waals surface area contributed by atoms with Crippen molar-refractivity contribution in [3.05, 3.63) is 0 Å². The Bertz CT molecular complexity index is 111. The maximum Gasteiger partial charge on any atom is 0.497 e. The van der Waals surface area contributed by atoms with Gasteiger partial charge in [-0.2, -0.15) is 0 Å². The fourth-order valence-electron chi connectivity index (χ4n) is 1.06. The molecule has 0 aliphatic carbocycles. The lowest BCUT2D eigenvalue weighted by Crippen LogP contribution is -2.44. The summed E-state index contributed by atoms with van der Waals surface area (Å²) in [7, 11) is -2.31. The van der Waals surface area contributed by atoms with E-state index in [-0.39, 0.29) is 6.10 Å². The number of hydrogen-bond acceptors (Lipinski definition) is 3. The molecule has 0 radical (unpaired) electrons. The zero-order chi connectivity index (χ0) is 9.61. The molecule has 0 unspecified atom stereocenters. The molecule has 74 valence electrons. The fraction of sp³-hybridized carbons (Fsp3) is 1.00. The second kappa shape index (κ2) is 5.69. The van der Waals surface area contributed by atoms with Crippen LogP contribution in [0.25, 0.3) is 0 Å². The molecular weight excluding hydrogens is 172 g/mol. The Labute approximate surface area is 76.4 Å². The molecule has 0 aliphatic heterocycles. The van der Waals surface area contributed by atoms with Crippen molar-refractivity contribution in [3.8, 4) is 0 Å². The Morgan fingerprint density at radius 2 is 1.50 bits per heavy atom. The van der Waals surface area contributed by atoms with Gasteiger partial charge in [0.05, 0.1) is 0 Å². The van der Waals surface area contributed by atoms with Gasteiger partial charge < -0.3 is 13.3 Å². The first-order valence-corrected chi connectivity index (χ1v) is 6.72. The Hall–Kier alpha value is 0.0969. The van der Waals surface area contributed by atoms with E-state index in [0.717, 1.165) is 0 Å². The molecule has 0 spiro atoms. The zero-order valence-electron chi connectivity index (χ0n) is 8.72. The van der Waals surface area contributed by atoms with Gasteiger partial charge in [-0.05, 0) is 27.7 Å². The van der Waals surface area contributed by atoms with Gasteiger partial charge in [-0.1, -0.05) is 0 Å². The van der Waals surface area contributed by atoms with Crippen LogP contribution in [0.15, 0.2) is 0 Å². The van der Waals surface area contributed by atoms with E-state index in [9.17, 15) is 0 Å². The quantitative estimate of drug-likeness (QED) is 0.603. The summed E-state index contributed by atoms with van der Waals surface area (Å²) in [5.74, 6) is 0. The summed E-state index contributed by atoms with van der Waals surface area (Å²) in [6, 6.07) is 0. The third-order valence-corrected chi connectivity index (χ3v) is 3.79. The lowest BCUT2D eigenvalue weighted by Gasteiger charge is -2.26. The Morgan fingerprint density at radius 3 is 1.75 bits per heavy atom. The van der Waals surface area contributed by atoms with Crippen molar-refractivity contribution in [2.75, 3.05) is 13.2 Å². The molecule has 0 aromatic rings. The average Bonchev–Trinajstić information content (AvgIpc) is 1.85. The van der Waals surface area contributed by atoms with E-state index < -0.39 is 8.80 Å². The first-order valence-electron chi connectivity index (χ1n) is 4.49. The molecule has 12 heavy (non-hydrogen) atoms. The summed E-state index contributed by atoms with van der Waals surface area (Å²) in [4.78, 5) is 0. The van der Waals surface area contributed by atoms with E-state index in [0.29, 0.717) is 13.2 Å². The normalized spacial score (nSPS) is 12.5. The minimum atomic E-state index is -2.31. The van der Waals surface area contributed by atoms with E-state index in [2.05, 4.69) is 0 Å². The molecule has 3 nitrogen and oxygen atoms in total. The maximum absolute atomic E-state index is 5.61. The molecule has 0 atom stereocenters. The van der Waals surface area contributed by atoms with Gasteiger partial charge in [0.2, 0.25) is 0 Å². The molecule has 0 bridgehead atoms. The predicted octanol–water partition coefficient (Wildman–Crippen LogP) is 2.05. The van der Waals surface area contributed by atoms with Crippen LogP contribution in [0.4, 0.5) is 0 Å². The molecule has 0 aliphatic rings. The summed E-state index contributed by atoms with van der Waals surface area (Å²) < 4.78 is 16.6. The fourth-order valence-corrected chi connectivity index (χ4v) is 3.19. The maximum atomic E-state index is 5.61. The van der Waals surface area contributed by atoms with Gasteiger partial charge in [-0.15, -0.1) is 0 Å². The van der Waals surface area contributed by atoms with E-state index in [1.165, 1.54) is 0 Å². The largest absolute Gasteiger partial charge is 0.497 e. The molecule has 4 heteroatoms. The molecule has 0 amide bonds. The van der Waals surface area contributed by atoms with Crippen LogP contribution in [-0.2, 0) is 13.3 Å². The Morgan fingerprint density at radius 1 is 1.08 bits per heavy atom. The van der Waals surface area contributed by atoms with Crippen LogP contribution in [0.5, 0.6) is 0 Å². The smallest absolute Gasteiger partial charge is 0.374 e. The molecule has 0 N–H and O–H groups in total. The highest BCUT2D eigenvalue weighted by Crippen LogP contribution is 2.11. The van der Waals surface area contributed by atoms with Gasteiger partial charge >= 0.3 is 8.80 Å². The molecular formula is C8H20O3Si. The molecule has 0 saturated carbocycles. The molecule has 0 rings (SSSR count). The topological polar surface area (TPSA) is 27.7 Å². The molecule has 0 heterocycles. The third-order valence-electron chi connectivity index (χ3n) is 1.26. The van der Waals surface area contributed by atoms with Crippen molar-refractivity contribution in [2.24, 2.45) is 0 Å². The van der Waals surface area contributed by atoms with Crippen molar-refractivity contribution >= 4 is 8.80 Å². The van der Waals surface area contributed by atoms with Crippen molar-refractivity contribution in [1.82, 2.24) is 0 Å². The zero-order valence-corrected chi connectivity index (χ0v) is 9.72. The second-order valence-corrected chi connectivity index (χ2v) is 5.43. The molecule has 0 aromatic carbocycles. The summed E-state index contributed by atoms with van der Waals surface area (Å²) in [5, 5.41) is 0. The number of rotatable bonds is 6. The van der Waals surface area contributed by atoms with E-state index in [4.69, 9.17) is 13.3 Å². The van der Waals surface area contributed by atoms with Crippen LogP contribution >= 0.6 is 0 Å². The second-order valence-electron chi connectivity index (χ2n) is 2.90. The molecule has 0 aromatic heterocycles. The lowest BCUT2D eigenvalue weighted by molar-refractivity contribution is 0.0506. The predicted molar refractivity (Wildman–Crippen MR) is 51.1 cm³/mol.